The molecule has 1 saturated carbocycles. The second-order valence-corrected chi connectivity index (χ2v) is 5.74. The maximum Gasteiger partial charge on any atom is 0.390 e. The van der Waals surface area contributed by atoms with E-state index in [2.05, 4.69) is 11.4 Å². The van der Waals surface area contributed by atoms with Crippen LogP contribution in [0.15, 0.2) is 0 Å². The van der Waals surface area contributed by atoms with Gasteiger partial charge >= 0.3 is 6.18 Å². The fourth-order valence-electron chi connectivity index (χ4n) is 2.70. The van der Waals surface area contributed by atoms with Crippen LogP contribution in [0.2, 0.25) is 0 Å². The minimum Gasteiger partial charge on any atom is -0.303 e. The predicted octanol–water partition coefficient (Wildman–Crippen LogP) is 2.68. The van der Waals surface area contributed by atoms with Crippen molar-refractivity contribution < 1.29 is 13.2 Å². The fourth-order valence-corrected chi connectivity index (χ4v) is 2.70. The molecular weight excluding hydrogens is 255 g/mol. The van der Waals surface area contributed by atoms with Crippen molar-refractivity contribution >= 4 is 0 Å². The van der Waals surface area contributed by atoms with E-state index in [0.29, 0.717) is 12.8 Å². The third-order valence-electron chi connectivity index (χ3n) is 3.64. The summed E-state index contributed by atoms with van der Waals surface area (Å²) in [5, 5.41) is 12.6. The predicted molar refractivity (Wildman–Crippen MR) is 67.6 cm³/mol. The molecule has 2 atom stereocenters. The first-order chi connectivity index (χ1) is 8.67. The monoisotopic (exact) mass is 277 g/mol. The molecule has 0 aromatic rings. The summed E-state index contributed by atoms with van der Waals surface area (Å²) in [5.74, 6) is 0. The van der Waals surface area contributed by atoms with Gasteiger partial charge in [0.05, 0.1) is 12.5 Å². The zero-order valence-corrected chi connectivity index (χ0v) is 11.7. The molecule has 0 aliphatic heterocycles. The van der Waals surface area contributed by atoms with Gasteiger partial charge in [0.25, 0.3) is 0 Å². The standard InChI is InChI=1S/C13H22F3N3/c1-10(2)18-12(9-17)5-4-11(8-12)19(3)7-6-13(14,15)16/h10-11,18H,4-8H2,1-3H3. The van der Waals surface area contributed by atoms with E-state index >= 15 is 0 Å². The van der Waals surface area contributed by atoms with Crippen molar-refractivity contribution in [2.75, 3.05) is 13.6 Å². The van der Waals surface area contributed by atoms with Crippen LogP contribution in [0.1, 0.15) is 39.5 Å². The SMILES string of the molecule is CC(C)NC1(C#N)CCC(N(C)CCC(F)(F)F)C1. The second-order valence-electron chi connectivity index (χ2n) is 5.74. The van der Waals surface area contributed by atoms with Crippen molar-refractivity contribution in [1.29, 1.82) is 5.26 Å². The number of hydrogen-bond donors (Lipinski definition) is 1. The molecule has 1 rings (SSSR count). The summed E-state index contributed by atoms with van der Waals surface area (Å²) in [4.78, 5) is 1.73. The van der Waals surface area contributed by atoms with Gasteiger partial charge in [-0.3, -0.25) is 5.32 Å². The third kappa shape index (κ3) is 5.00. The second kappa shape index (κ2) is 6.10. The molecule has 19 heavy (non-hydrogen) atoms. The van der Waals surface area contributed by atoms with Crippen LogP contribution in [0.5, 0.6) is 0 Å². The molecule has 0 saturated heterocycles. The smallest absolute Gasteiger partial charge is 0.303 e. The lowest BCUT2D eigenvalue weighted by molar-refractivity contribution is -0.138. The Morgan fingerprint density at radius 3 is 2.58 bits per heavy atom. The van der Waals surface area contributed by atoms with Gasteiger partial charge in [-0.05, 0) is 40.2 Å². The Morgan fingerprint density at radius 1 is 1.47 bits per heavy atom. The molecule has 0 amide bonds. The highest BCUT2D eigenvalue weighted by Crippen LogP contribution is 2.33. The van der Waals surface area contributed by atoms with Gasteiger partial charge in [-0.25, -0.2) is 0 Å². The van der Waals surface area contributed by atoms with Crippen LogP contribution < -0.4 is 5.32 Å². The number of alkyl halides is 3. The summed E-state index contributed by atoms with van der Waals surface area (Å²) in [6, 6.07) is 2.55. The van der Waals surface area contributed by atoms with E-state index in [9.17, 15) is 18.4 Å². The molecule has 3 nitrogen and oxygen atoms in total. The number of rotatable bonds is 5. The molecule has 1 aliphatic rings. The fraction of sp³-hybridized carbons (Fsp3) is 0.923. The van der Waals surface area contributed by atoms with E-state index in [-0.39, 0.29) is 18.6 Å². The van der Waals surface area contributed by atoms with Crippen LogP contribution in [0, 0.1) is 11.3 Å². The molecule has 2 unspecified atom stereocenters. The van der Waals surface area contributed by atoms with Gasteiger partial charge in [0, 0.05) is 18.6 Å². The number of nitrogens with one attached hydrogen (secondary N) is 1. The van der Waals surface area contributed by atoms with Crippen molar-refractivity contribution in [3.8, 4) is 6.07 Å². The zero-order chi connectivity index (χ0) is 14.7. The van der Waals surface area contributed by atoms with Crippen LogP contribution in [0.25, 0.3) is 0 Å². The van der Waals surface area contributed by atoms with Crippen LogP contribution >= 0.6 is 0 Å². The molecule has 1 N–H and O–H groups in total. The number of nitriles is 1. The van der Waals surface area contributed by atoms with Crippen molar-refractivity contribution in [3.05, 3.63) is 0 Å². The lowest BCUT2D eigenvalue weighted by Crippen LogP contribution is -2.47. The summed E-state index contributed by atoms with van der Waals surface area (Å²) < 4.78 is 36.6. The van der Waals surface area contributed by atoms with Crippen LogP contribution in [-0.4, -0.2) is 42.3 Å². The van der Waals surface area contributed by atoms with Crippen molar-refractivity contribution in [1.82, 2.24) is 10.2 Å². The van der Waals surface area contributed by atoms with Gasteiger partial charge in [0.1, 0.15) is 5.54 Å². The first-order valence-electron chi connectivity index (χ1n) is 6.63. The summed E-state index contributed by atoms with van der Waals surface area (Å²) in [7, 11) is 1.71. The average Bonchev–Trinajstić information content (AvgIpc) is 2.69. The molecule has 6 heteroatoms. The van der Waals surface area contributed by atoms with Gasteiger partial charge in [0.2, 0.25) is 0 Å². The van der Waals surface area contributed by atoms with Crippen LogP contribution in [-0.2, 0) is 0 Å². The van der Waals surface area contributed by atoms with E-state index in [1.54, 1.807) is 11.9 Å². The summed E-state index contributed by atoms with van der Waals surface area (Å²) in [5.41, 5.74) is -0.578. The molecule has 0 aromatic carbocycles. The first-order valence-corrected chi connectivity index (χ1v) is 6.63. The topological polar surface area (TPSA) is 39.1 Å². The Labute approximate surface area is 112 Å². The molecular formula is C13H22F3N3. The highest BCUT2D eigenvalue weighted by Gasteiger charge is 2.41. The maximum absolute atomic E-state index is 12.2. The Kier molecular flexibility index (Phi) is 5.22. The zero-order valence-electron chi connectivity index (χ0n) is 11.7. The molecule has 0 bridgehead atoms. The van der Waals surface area contributed by atoms with Gasteiger partial charge in [-0.1, -0.05) is 0 Å². The molecule has 1 aliphatic carbocycles. The molecule has 0 aromatic heterocycles. The molecule has 0 radical (unpaired) electrons. The van der Waals surface area contributed by atoms with Gasteiger partial charge < -0.3 is 4.90 Å². The molecule has 0 heterocycles. The first kappa shape index (κ1) is 16.3. The highest BCUT2D eigenvalue weighted by atomic mass is 19.4. The highest BCUT2D eigenvalue weighted by molar-refractivity contribution is 5.13. The van der Waals surface area contributed by atoms with E-state index in [0.717, 1.165) is 6.42 Å². The van der Waals surface area contributed by atoms with Gasteiger partial charge in [-0.15, -0.1) is 0 Å². The Hall–Kier alpha value is -0.800. The van der Waals surface area contributed by atoms with Gasteiger partial charge in [0.15, 0.2) is 0 Å². The number of hydrogen-bond acceptors (Lipinski definition) is 3. The van der Waals surface area contributed by atoms with E-state index in [4.69, 9.17) is 0 Å². The summed E-state index contributed by atoms with van der Waals surface area (Å²) >= 11 is 0. The van der Waals surface area contributed by atoms with Crippen molar-refractivity contribution in [2.45, 2.75) is 63.3 Å². The lowest BCUT2D eigenvalue weighted by atomic mass is 9.98. The quantitative estimate of drug-likeness (QED) is 0.839. The molecule has 110 valence electrons. The Morgan fingerprint density at radius 2 is 2.11 bits per heavy atom. The third-order valence-corrected chi connectivity index (χ3v) is 3.64. The Bertz CT molecular complexity index is 335. The van der Waals surface area contributed by atoms with Gasteiger partial charge in [-0.2, -0.15) is 18.4 Å². The molecule has 1 fully saturated rings. The minimum absolute atomic E-state index is 0.00263. The normalized spacial score (nSPS) is 28.1. The Balaban J connectivity index is 2.53. The average molecular weight is 277 g/mol. The number of halogens is 3. The largest absolute Gasteiger partial charge is 0.390 e. The van der Waals surface area contributed by atoms with Crippen LogP contribution in [0.4, 0.5) is 13.2 Å². The van der Waals surface area contributed by atoms with Crippen molar-refractivity contribution in [3.63, 3.8) is 0 Å². The maximum atomic E-state index is 12.2. The summed E-state index contributed by atoms with van der Waals surface area (Å²) in [6.45, 7) is 3.94. The molecule has 0 spiro atoms. The van der Waals surface area contributed by atoms with Crippen molar-refractivity contribution in [2.24, 2.45) is 0 Å². The summed E-state index contributed by atoms with van der Waals surface area (Å²) in [6.07, 6.45) is -2.85. The van der Waals surface area contributed by atoms with E-state index in [1.165, 1.54) is 0 Å². The minimum atomic E-state index is -4.12. The van der Waals surface area contributed by atoms with E-state index < -0.39 is 18.1 Å². The number of nitrogens with zero attached hydrogens (tertiary/aromatic N) is 2. The van der Waals surface area contributed by atoms with Crippen LogP contribution in [0.3, 0.4) is 0 Å². The van der Waals surface area contributed by atoms with E-state index in [1.807, 2.05) is 13.8 Å². The lowest BCUT2D eigenvalue weighted by Gasteiger charge is -2.28.